The number of halogens is 1. The monoisotopic (exact) mass is 384 g/mol. The van der Waals surface area contributed by atoms with Crippen LogP contribution in [0.15, 0.2) is 36.4 Å². The van der Waals surface area contributed by atoms with Crippen LogP contribution in [0.25, 0.3) is 0 Å². The first-order valence-corrected chi connectivity index (χ1v) is 9.92. The molecule has 1 saturated heterocycles. The third kappa shape index (κ3) is 4.97. The average molecular weight is 384 g/mol. The van der Waals surface area contributed by atoms with E-state index in [1.165, 1.54) is 5.56 Å². The Hall–Kier alpha value is -2.24. The minimum Gasteiger partial charge on any atom is -0.379 e. The first kappa shape index (κ1) is 20.5. The number of nitrogens with one attached hydrogen (secondary N) is 1. The standard InChI is InChI=1S/C23H29FN2O2/c1-16(2)19-4-6-21(7-5-19)25-17(3)22-13-18(12-20(15-27)23(22)24)14-26-8-10-28-11-9-26/h4-7,12-13,15-17,25H,8-11,14H2,1-3H3. The Morgan fingerprint density at radius 3 is 2.43 bits per heavy atom. The average Bonchev–Trinajstić information content (AvgIpc) is 2.70. The molecule has 0 saturated carbocycles. The molecule has 0 aliphatic carbocycles. The second-order valence-electron chi connectivity index (χ2n) is 7.74. The molecule has 5 heteroatoms. The number of ether oxygens (including phenoxy) is 1. The highest BCUT2D eigenvalue weighted by Crippen LogP contribution is 2.26. The quantitative estimate of drug-likeness (QED) is 0.699. The Morgan fingerprint density at radius 1 is 1.14 bits per heavy atom. The van der Waals surface area contributed by atoms with E-state index in [4.69, 9.17) is 4.74 Å². The number of morpholine rings is 1. The number of benzene rings is 2. The Kier molecular flexibility index (Phi) is 6.81. The van der Waals surface area contributed by atoms with Gasteiger partial charge >= 0.3 is 0 Å². The highest BCUT2D eigenvalue weighted by atomic mass is 19.1. The van der Waals surface area contributed by atoms with Gasteiger partial charge in [0.15, 0.2) is 6.29 Å². The molecule has 0 bridgehead atoms. The fourth-order valence-electron chi connectivity index (χ4n) is 3.54. The van der Waals surface area contributed by atoms with E-state index >= 15 is 0 Å². The summed E-state index contributed by atoms with van der Waals surface area (Å²) in [5.74, 6) is 0.0236. The number of hydrogen-bond donors (Lipinski definition) is 1. The summed E-state index contributed by atoms with van der Waals surface area (Å²) >= 11 is 0. The molecule has 1 heterocycles. The lowest BCUT2D eigenvalue weighted by Gasteiger charge is -2.27. The van der Waals surface area contributed by atoms with Gasteiger partial charge in [0, 0.05) is 30.9 Å². The third-order valence-electron chi connectivity index (χ3n) is 5.25. The van der Waals surface area contributed by atoms with Gasteiger partial charge in [-0.3, -0.25) is 9.69 Å². The van der Waals surface area contributed by atoms with Gasteiger partial charge in [0.1, 0.15) is 5.82 Å². The maximum absolute atomic E-state index is 14.8. The Bertz CT molecular complexity index is 799. The van der Waals surface area contributed by atoms with Crippen molar-refractivity contribution in [3.05, 3.63) is 64.5 Å². The van der Waals surface area contributed by atoms with Crippen LogP contribution < -0.4 is 5.32 Å². The molecular weight excluding hydrogens is 355 g/mol. The van der Waals surface area contributed by atoms with Crippen LogP contribution in [0.1, 0.15) is 59.8 Å². The van der Waals surface area contributed by atoms with Crippen molar-refractivity contribution in [2.24, 2.45) is 0 Å². The fourth-order valence-corrected chi connectivity index (χ4v) is 3.54. The Morgan fingerprint density at radius 2 is 1.82 bits per heavy atom. The van der Waals surface area contributed by atoms with Gasteiger partial charge in [-0.1, -0.05) is 26.0 Å². The lowest BCUT2D eigenvalue weighted by Crippen LogP contribution is -2.35. The highest BCUT2D eigenvalue weighted by Gasteiger charge is 2.18. The molecule has 1 aliphatic heterocycles. The van der Waals surface area contributed by atoms with Crippen molar-refractivity contribution in [2.45, 2.75) is 39.3 Å². The maximum atomic E-state index is 14.8. The zero-order chi connectivity index (χ0) is 20.1. The van der Waals surface area contributed by atoms with E-state index in [2.05, 4.69) is 36.2 Å². The lowest BCUT2D eigenvalue weighted by molar-refractivity contribution is 0.0341. The van der Waals surface area contributed by atoms with E-state index in [0.717, 1.165) is 24.3 Å². The second-order valence-corrected chi connectivity index (χ2v) is 7.74. The van der Waals surface area contributed by atoms with Crippen molar-refractivity contribution in [2.75, 3.05) is 31.6 Å². The molecule has 1 atom stereocenters. The molecule has 1 fully saturated rings. The van der Waals surface area contributed by atoms with E-state index in [9.17, 15) is 9.18 Å². The van der Waals surface area contributed by atoms with Gasteiger partial charge in [0.05, 0.1) is 24.8 Å². The molecule has 0 spiro atoms. The molecule has 2 aromatic carbocycles. The normalized spacial score (nSPS) is 16.2. The van der Waals surface area contributed by atoms with Crippen LogP contribution in [0.5, 0.6) is 0 Å². The first-order chi connectivity index (χ1) is 13.5. The smallest absolute Gasteiger partial charge is 0.153 e. The number of rotatable bonds is 7. The van der Waals surface area contributed by atoms with Gasteiger partial charge in [-0.05, 0) is 48.2 Å². The summed E-state index contributed by atoms with van der Waals surface area (Å²) in [6, 6.07) is 11.5. The van der Waals surface area contributed by atoms with Crippen LogP contribution in [-0.2, 0) is 11.3 Å². The molecule has 0 radical (unpaired) electrons. The number of anilines is 1. The molecule has 1 unspecified atom stereocenters. The predicted molar refractivity (Wildman–Crippen MR) is 110 cm³/mol. The topological polar surface area (TPSA) is 41.6 Å². The minimum absolute atomic E-state index is 0.115. The van der Waals surface area contributed by atoms with Crippen LogP contribution >= 0.6 is 0 Å². The van der Waals surface area contributed by atoms with Crippen molar-refractivity contribution in [1.29, 1.82) is 0 Å². The summed E-state index contributed by atoms with van der Waals surface area (Å²) in [5, 5.41) is 3.36. The number of aldehydes is 1. The molecule has 1 N–H and O–H groups in total. The molecule has 3 rings (SSSR count). The van der Waals surface area contributed by atoms with E-state index < -0.39 is 5.82 Å². The van der Waals surface area contributed by atoms with Crippen LogP contribution in [0, 0.1) is 5.82 Å². The molecule has 4 nitrogen and oxygen atoms in total. The molecule has 28 heavy (non-hydrogen) atoms. The summed E-state index contributed by atoms with van der Waals surface area (Å²) in [5.41, 5.74) is 3.78. The van der Waals surface area contributed by atoms with Crippen LogP contribution in [0.3, 0.4) is 0 Å². The highest BCUT2D eigenvalue weighted by molar-refractivity contribution is 5.76. The van der Waals surface area contributed by atoms with Gasteiger partial charge in [-0.25, -0.2) is 4.39 Å². The van der Waals surface area contributed by atoms with Crippen LogP contribution in [-0.4, -0.2) is 37.5 Å². The lowest BCUT2D eigenvalue weighted by atomic mass is 9.99. The van der Waals surface area contributed by atoms with Crippen molar-refractivity contribution in [3.63, 3.8) is 0 Å². The van der Waals surface area contributed by atoms with Gasteiger partial charge in [-0.15, -0.1) is 0 Å². The second kappa shape index (κ2) is 9.30. The number of carbonyl (C=O) groups is 1. The SMILES string of the molecule is CC(C)c1ccc(NC(C)c2cc(CN3CCOCC3)cc(C=O)c2F)cc1. The Balaban J connectivity index is 1.80. The predicted octanol–water partition coefficient (Wildman–Crippen LogP) is 4.77. The van der Waals surface area contributed by atoms with E-state index in [1.54, 1.807) is 6.07 Å². The van der Waals surface area contributed by atoms with E-state index in [0.29, 0.717) is 37.5 Å². The largest absolute Gasteiger partial charge is 0.379 e. The number of carbonyl (C=O) groups excluding carboxylic acids is 1. The number of nitrogens with zero attached hydrogens (tertiary/aromatic N) is 1. The van der Waals surface area contributed by atoms with Crippen molar-refractivity contribution in [1.82, 2.24) is 4.90 Å². The molecular formula is C23H29FN2O2. The van der Waals surface area contributed by atoms with Crippen LogP contribution in [0.4, 0.5) is 10.1 Å². The van der Waals surface area contributed by atoms with Gasteiger partial charge in [0.2, 0.25) is 0 Å². The van der Waals surface area contributed by atoms with Crippen molar-refractivity contribution >= 4 is 12.0 Å². The van der Waals surface area contributed by atoms with Gasteiger partial charge in [0.25, 0.3) is 0 Å². The zero-order valence-electron chi connectivity index (χ0n) is 16.9. The van der Waals surface area contributed by atoms with E-state index in [1.807, 2.05) is 25.1 Å². The summed E-state index contributed by atoms with van der Waals surface area (Å²) in [7, 11) is 0. The molecule has 150 valence electrons. The summed E-state index contributed by atoms with van der Waals surface area (Å²) in [6.07, 6.45) is 0.603. The minimum atomic E-state index is -0.445. The third-order valence-corrected chi connectivity index (χ3v) is 5.25. The zero-order valence-corrected chi connectivity index (χ0v) is 16.9. The molecule has 1 aliphatic rings. The summed E-state index contributed by atoms with van der Waals surface area (Å²) in [4.78, 5) is 13.7. The first-order valence-electron chi connectivity index (χ1n) is 9.92. The molecule has 2 aromatic rings. The Labute approximate surface area is 166 Å². The molecule has 0 amide bonds. The number of hydrogen-bond acceptors (Lipinski definition) is 4. The molecule has 0 aromatic heterocycles. The van der Waals surface area contributed by atoms with Crippen molar-refractivity contribution < 1.29 is 13.9 Å². The summed E-state index contributed by atoms with van der Waals surface area (Å²) < 4.78 is 20.2. The fraction of sp³-hybridized carbons (Fsp3) is 0.435. The summed E-state index contributed by atoms with van der Waals surface area (Å²) in [6.45, 7) is 10.0. The van der Waals surface area contributed by atoms with Gasteiger partial charge < -0.3 is 10.1 Å². The maximum Gasteiger partial charge on any atom is 0.153 e. The van der Waals surface area contributed by atoms with Crippen LogP contribution in [0.2, 0.25) is 0 Å². The van der Waals surface area contributed by atoms with E-state index in [-0.39, 0.29) is 11.6 Å². The van der Waals surface area contributed by atoms with Crippen molar-refractivity contribution in [3.8, 4) is 0 Å². The van der Waals surface area contributed by atoms with Gasteiger partial charge in [-0.2, -0.15) is 0 Å².